The van der Waals surface area contributed by atoms with Crippen LogP contribution < -0.4 is 9.64 Å². The van der Waals surface area contributed by atoms with Gasteiger partial charge in [0.15, 0.2) is 6.10 Å². The lowest BCUT2D eigenvalue weighted by atomic mass is 9.51. The van der Waals surface area contributed by atoms with E-state index in [-0.39, 0.29) is 17.5 Å². The van der Waals surface area contributed by atoms with E-state index in [9.17, 15) is 14.7 Å². The van der Waals surface area contributed by atoms with Crippen LogP contribution in [0.25, 0.3) is 0 Å². The number of aliphatic hydroxyl groups excluding tert-OH is 1. The number of esters is 1. The standard InChI is InChI=1S/C22H28N2O5/c1-28-15-6-3-5-14-17(15)24(13-25)16-7-9-21(18(26)19(27)29-2)8-4-11-23-12-10-22(14,16)20(21)23/h3,5-6,13,16,18,20,26H,4,7-12H2,1-2H3/t16-,18+,20-,21+,22-/m1/s1. The fourth-order valence-corrected chi connectivity index (χ4v) is 7.29. The number of carbonyl (C=O) groups excluding carboxylic acids is 2. The maximum atomic E-state index is 12.5. The molecule has 1 aromatic carbocycles. The molecule has 1 spiro atoms. The van der Waals surface area contributed by atoms with Gasteiger partial charge in [0.05, 0.1) is 19.9 Å². The molecule has 1 aromatic rings. The van der Waals surface area contributed by atoms with Crippen LogP contribution in [-0.2, 0) is 19.7 Å². The van der Waals surface area contributed by atoms with Gasteiger partial charge in [-0.25, -0.2) is 4.79 Å². The fraction of sp³-hybridized carbons (Fsp3) is 0.636. The van der Waals surface area contributed by atoms with Crippen LogP contribution in [0, 0.1) is 5.41 Å². The maximum absolute atomic E-state index is 12.5. The van der Waals surface area contributed by atoms with Crippen molar-refractivity contribution in [3.05, 3.63) is 23.8 Å². The first kappa shape index (κ1) is 18.9. The molecule has 3 aliphatic heterocycles. The van der Waals surface area contributed by atoms with Crippen LogP contribution in [0.2, 0.25) is 0 Å². The molecule has 7 nitrogen and oxygen atoms in total. The second-order valence-electron chi connectivity index (χ2n) is 8.91. The quantitative estimate of drug-likeness (QED) is 0.609. The molecule has 5 atom stereocenters. The van der Waals surface area contributed by atoms with Crippen molar-refractivity contribution >= 4 is 18.1 Å². The number of nitrogens with zero attached hydrogens (tertiary/aromatic N) is 2. The van der Waals surface area contributed by atoms with E-state index in [0.29, 0.717) is 12.2 Å². The van der Waals surface area contributed by atoms with E-state index in [1.807, 2.05) is 17.0 Å². The Hall–Kier alpha value is -2.12. The van der Waals surface area contributed by atoms with Crippen LogP contribution >= 0.6 is 0 Å². The van der Waals surface area contributed by atoms with Gasteiger partial charge in [-0.3, -0.25) is 9.69 Å². The number of fused-ring (bicyclic) bond motifs is 1. The van der Waals surface area contributed by atoms with Gasteiger partial charge in [0.2, 0.25) is 6.41 Å². The molecule has 0 aromatic heterocycles. The maximum Gasteiger partial charge on any atom is 0.335 e. The first-order chi connectivity index (χ1) is 14.0. The fourth-order valence-electron chi connectivity index (χ4n) is 7.29. The molecule has 0 radical (unpaired) electrons. The Morgan fingerprint density at radius 2 is 2.10 bits per heavy atom. The number of methoxy groups -OCH3 is 2. The van der Waals surface area contributed by atoms with Crippen molar-refractivity contribution in [2.75, 3.05) is 32.2 Å². The van der Waals surface area contributed by atoms with E-state index in [0.717, 1.165) is 56.4 Å². The third-order valence-electron chi connectivity index (χ3n) is 8.17. The first-order valence-corrected chi connectivity index (χ1v) is 10.5. The molecule has 29 heavy (non-hydrogen) atoms. The lowest BCUT2D eigenvalue weighted by molar-refractivity contribution is -0.172. The van der Waals surface area contributed by atoms with Crippen molar-refractivity contribution in [2.24, 2.45) is 5.41 Å². The second-order valence-corrected chi connectivity index (χ2v) is 8.91. The molecule has 4 aliphatic rings. The van der Waals surface area contributed by atoms with Crippen LogP contribution in [0.15, 0.2) is 18.2 Å². The van der Waals surface area contributed by atoms with E-state index in [1.165, 1.54) is 7.11 Å². The summed E-state index contributed by atoms with van der Waals surface area (Å²) in [6.45, 7) is 1.86. The number of ether oxygens (including phenoxy) is 2. The van der Waals surface area contributed by atoms with Gasteiger partial charge in [-0.15, -0.1) is 0 Å². The first-order valence-electron chi connectivity index (χ1n) is 10.5. The number of hydrogen-bond donors (Lipinski definition) is 1. The summed E-state index contributed by atoms with van der Waals surface area (Å²) in [5.41, 5.74) is 1.10. The SMILES string of the molecule is COC(=O)[C@H](O)[C@]12CCCN3CC[C@]4(c5cccc(OC)c5N(C=O)[C@@H]4CC1)[C@H]32. The molecular formula is C22H28N2O5. The third kappa shape index (κ3) is 2.15. The Kier molecular flexibility index (Phi) is 4.19. The lowest BCUT2D eigenvalue weighted by Gasteiger charge is -2.59. The van der Waals surface area contributed by atoms with Gasteiger partial charge in [0.1, 0.15) is 5.75 Å². The number of amides is 1. The minimum Gasteiger partial charge on any atom is -0.495 e. The smallest absolute Gasteiger partial charge is 0.335 e. The number of piperidine rings is 1. The molecule has 0 unspecified atom stereocenters. The molecule has 1 saturated carbocycles. The predicted octanol–water partition coefficient (Wildman–Crippen LogP) is 1.46. The minimum absolute atomic E-state index is 0.00703. The van der Waals surface area contributed by atoms with E-state index in [1.54, 1.807) is 7.11 Å². The topological polar surface area (TPSA) is 79.3 Å². The van der Waals surface area contributed by atoms with E-state index >= 15 is 0 Å². The van der Waals surface area contributed by atoms with Crippen molar-refractivity contribution in [3.8, 4) is 5.75 Å². The summed E-state index contributed by atoms with van der Waals surface area (Å²) in [7, 11) is 2.97. The van der Waals surface area contributed by atoms with Gasteiger partial charge in [0.25, 0.3) is 0 Å². The predicted molar refractivity (Wildman–Crippen MR) is 106 cm³/mol. The lowest BCUT2D eigenvalue weighted by Crippen LogP contribution is -2.68. The van der Waals surface area contributed by atoms with Gasteiger partial charge >= 0.3 is 5.97 Å². The number of aliphatic hydroxyl groups is 1. The van der Waals surface area contributed by atoms with Gasteiger partial charge in [-0.05, 0) is 56.8 Å². The molecule has 1 amide bonds. The summed E-state index contributed by atoms with van der Waals surface area (Å²) in [5.74, 6) is 0.148. The van der Waals surface area contributed by atoms with E-state index in [2.05, 4.69) is 11.0 Å². The number of hydrogen-bond acceptors (Lipinski definition) is 6. The normalized spacial score (nSPS) is 36.0. The highest BCUT2D eigenvalue weighted by molar-refractivity contribution is 5.87. The van der Waals surface area contributed by atoms with Gasteiger partial charge in [0, 0.05) is 22.9 Å². The van der Waals surface area contributed by atoms with Crippen LogP contribution in [0.4, 0.5) is 5.69 Å². The summed E-state index contributed by atoms with van der Waals surface area (Å²) in [6.07, 6.45) is 3.85. The van der Waals surface area contributed by atoms with Crippen LogP contribution in [-0.4, -0.2) is 67.9 Å². The molecule has 1 N–H and O–H groups in total. The summed E-state index contributed by atoms with van der Waals surface area (Å²) in [5, 5.41) is 11.2. The number of para-hydroxylation sites is 1. The zero-order valence-corrected chi connectivity index (χ0v) is 17.0. The van der Waals surface area contributed by atoms with Gasteiger partial charge in [-0.1, -0.05) is 12.1 Å². The summed E-state index contributed by atoms with van der Waals surface area (Å²) in [6, 6.07) is 5.99. The molecule has 156 valence electrons. The highest BCUT2D eigenvalue weighted by atomic mass is 16.5. The van der Waals surface area contributed by atoms with Crippen molar-refractivity contribution in [3.63, 3.8) is 0 Å². The largest absolute Gasteiger partial charge is 0.495 e. The monoisotopic (exact) mass is 400 g/mol. The van der Waals surface area contributed by atoms with Crippen molar-refractivity contribution in [1.82, 2.24) is 4.90 Å². The Bertz CT molecular complexity index is 860. The number of benzene rings is 1. The Labute approximate surface area is 170 Å². The second kappa shape index (κ2) is 6.44. The third-order valence-corrected chi connectivity index (χ3v) is 8.17. The summed E-state index contributed by atoms with van der Waals surface area (Å²) < 4.78 is 10.6. The average molecular weight is 400 g/mol. The molecular weight excluding hydrogens is 372 g/mol. The highest BCUT2D eigenvalue weighted by Crippen LogP contribution is 2.66. The number of carbonyl (C=O) groups is 2. The number of rotatable bonds is 4. The van der Waals surface area contributed by atoms with Crippen LogP contribution in [0.3, 0.4) is 0 Å². The highest BCUT2D eigenvalue weighted by Gasteiger charge is 2.71. The van der Waals surface area contributed by atoms with Crippen molar-refractivity contribution < 1.29 is 24.2 Å². The zero-order valence-electron chi connectivity index (χ0n) is 17.0. The Balaban J connectivity index is 1.73. The Morgan fingerprint density at radius 3 is 2.83 bits per heavy atom. The zero-order chi connectivity index (χ0) is 20.4. The average Bonchev–Trinajstić information content (AvgIpc) is 3.29. The van der Waals surface area contributed by atoms with Crippen LogP contribution in [0.1, 0.15) is 37.7 Å². The molecule has 0 bridgehead atoms. The number of anilines is 1. The van der Waals surface area contributed by atoms with Gasteiger partial charge < -0.3 is 19.5 Å². The molecule has 2 saturated heterocycles. The molecule has 5 rings (SSSR count). The minimum atomic E-state index is -1.16. The Morgan fingerprint density at radius 1 is 1.28 bits per heavy atom. The molecule has 7 heteroatoms. The molecule has 3 heterocycles. The molecule has 1 aliphatic carbocycles. The summed E-state index contributed by atoms with van der Waals surface area (Å²) >= 11 is 0. The van der Waals surface area contributed by atoms with E-state index < -0.39 is 17.5 Å². The van der Waals surface area contributed by atoms with Crippen molar-refractivity contribution in [2.45, 2.75) is 55.7 Å². The van der Waals surface area contributed by atoms with Crippen LogP contribution in [0.5, 0.6) is 5.75 Å². The molecule has 3 fully saturated rings. The van der Waals surface area contributed by atoms with Crippen molar-refractivity contribution in [1.29, 1.82) is 0 Å². The van der Waals surface area contributed by atoms with E-state index in [4.69, 9.17) is 9.47 Å². The van der Waals surface area contributed by atoms with Gasteiger partial charge in [-0.2, -0.15) is 0 Å². The summed E-state index contributed by atoms with van der Waals surface area (Å²) in [4.78, 5) is 29.0.